The molecule has 0 bridgehead atoms. The minimum Gasteiger partial charge on any atom is -0.349 e. The van der Waals surface area contributed by atoms with E-state index in [1.807, 2.05) is 4.90 Å². The summed E-state index contributed by atoms with van der Waals surface area (Å²) in [6.07, 6.45) is 3.48. The molecule has 1 aromatic carbocycles. The zero-order chi connectivity index (χ0) is 16.2. The van der Waals surface area contributed by atoms with Crippen LogP contribution in [-0.2, 0) is 4.79 Å². The molecule has 2 amide bonds. The minimum absolute atomic E-state index is 0.0274. The van der Waals surface area contributed by atoms with Crippen LogP contribution < -0.4 is 10.6 Å². The number of likely N-dealkylation sites (tertiary alicyclic amines) is 1. The van der Waals surface area contributed by atoms with Crippen molar-refractivity contribution in [2.75, 3.05) is 19.6 Å². The zero-order valence-electron chi connectivity index (χ0n) is 13.1. The van der Waals surface area contributed by atoms with Crippen molar-refractivity contribution in [2.45, 2.75) is 37.8 Å². The lowest BCUT2D eigenvalue weighted by atomic mass is 10.0. The van der Waals surface area contributed by atoms with E-state index in [9.17, 15) is 14.0 Å². The van der Waals surface area contributed by atoms with Crippen molar-refractivity contribution in [1.82, 2.24) is 15.5 Å². The summed E-state index contributed by atoms with van der Waals surface area (Å²) in [5.74, 6) is -0.355. The minimum atomic E-state index is -0.353. The lowest BCUT2D eigenvalue weighted by Gasteiger charge is -2.33. The van der Waals surface area contributed by atoms with Gasteiger partial charge in [0.15, 0.2) is 0 Å². The van der Waals surface area contributed by atoms with Crippen molar-refractivity contribution in [3.8, 4) is 0 Å². The molecular weight excluding hydrogens is 297 g/mol. The summed E-state index contributed by atoms with van der Waals surface area (Å²) >= 11 is 0. The molecule has 23 heavy (non-hydrogen) atoms. The van der Waals surface area contributed by atoms with Gasteiger partial charge in [0.2, 0.25) is 5.91 Å². The first-order chi connectivity index (χ1) is 11.1. The Labute approximate surface area is 135 Å². The molecule has 1 atom stereocenters. The van der Waals surface area contributed by atoms with E-state index in [0.717, 1.165) is 32.2 Å². The Bertz CT molecular complexity index is 562. The Hall–Kier alpha value is -1.95. The van der Waals surface area contributed by atoms with Gasteiger partial charge in [-0.1, -0.05) is 0 Å². The van der Waals surface area contributed by atoms with E-state index in [1.54, 1.807) is 0 Å². The van der Waals surface area contributed by atoms with Gasteiger partial charge in [-0.3, -0.25) is 9.59 Å². The molecule has 0 aliphatic carbocycles. The summed E-state index contributed by atoms with van der Waals surface area (Å²) in [6.45, 7) is 2.26. The molecule has 0 saturated carbocycles. The number of hydrogen-bond donors (Lipinski definition) is 2. The maximum Gasteiger partial charge on any atom is 0.251 e. The largest absolute Gasteiger partial charge is 0.349 e. The van der Waals surface area contributed by atoms with Crippen molar-refractivity contribution in [2.24, 2.45) is 0 Å². The number of halogens is 1. The number of nitrogens with zero attached hydrogens (tertiary/aromatic N) is 1. The van der Waals surface area contributed by atoms with Crippen molar-refractivity contribution < 1.29 is 14.0 Å². The smallest absolute Gasteiger partial charge is 0.251 e. The normalized spacial score (nSPS) is 22.1. The molecule has 124 valence electrons. The monoisotopic (exact) mass is 319 g/mol. The summed E-state index contributed by atoms with van der Waals surface area (Å²) in [5, 5.41) is 6.20. The van der Waals surface area contributed by atoms with Crippen LogP contribution in [0.4, 0.5) is 4.39 Å². The quantitative estimate of drug-likeness (QED) is 0.883. The number of nitrogens with one attached hydrogen (secondary N) is 2. The number of benzene rings is 1. The number of piperidine rings is 1. The molecule has 0 spiro atoms. The summed E-state index contributed by atoms with van der Waals surface area (Å²) in [5.41, 5.74) is 0.458. The zero-order valence-corrected chi connectivity index (χ0v) is 13.1. The van der Waals surface area contributed by atoms with Gasteiger partial charge in [-0.15, -0.1) is 0 Å². The summed E-state index contributed by atoms with van der Waals surface area (Å²) in [7, 11) is 0. The van der Waals surface area contributed by atoms with E-state index in [2.05, 4.69) is 10.6 Å². The number of carbonyl (C=O) groups excluding carboxylic acids is 2. The lowest BCUT2D eigenvalue weighted by molar-refractivity contribution is -0.134. The molecular formula is C17H22FN3O2. The van der Waals surface area contributed by atoms with Crippen LogP contribution in [0, 0.1) is 5.82 Å². The van der Waals surface area contributed by atoms with Gasteiger partial charge in [0.25, 0.3) is 5.91 Å². The van der Waals surface area contributed by atoms with Gasteiger partial charge >= 0.3 is 0 Å². The van der Waals surface area contributed by atoms with Crippen molar-refractivity contribution in [3.05, 3.63) is 35.6 Å². The first-order valence-corrected chi connectivity index (χ1v) is 8.22. The van der Waals surface area contributed by atoms with Gasteiger partial charge in [-0.2, -0.15) is 0 Å². The second-order valence-electron chi connectivity index (χ2n) is 6.23. The van der Waals surface area contributed by atoms with E-state index in [0.29, 0.717) is 18.7 Å². The fourth-order valence-electron chi connectivity index (χ4n) is 3.23. The molecule has 2 fully saturated rings. The molecule has 5 nitrogen and oxygen atoms in total. The van der Waals surface area contributed by atoms with Gasteiger partial charge in [-0.05, 0) is 56.5 Å². The van der Waals surface area contributed by atoms with Crippen LogP contribution in [0.3, 0.4) is 0 Å². The first-order valence-electron chi connectivity index (χ1n) is 8.22. The third-order valence-electron chi connectivity index (χ3n) is 4.61. The Balaban J connectivity index is 1.48. The molecule has 2 heterocycles. The van der Waals surface area contributed by atoms with Crippen LogP contribution in [0.2, 0.25) is 0 Å². The number of hydrogen-bond acceptors (Lipinski definition) is 3. The Morgan fingerprint density at radius 3 is 2.43 bits per heavy atom. The molecule has 1 unspecified atom stereocenters. The Morgan fingerprint density at radius 1 is 1.13 bits per heavy atom. The highest BCUT2D eigenvalue weighted by atomic mass is 19.1. The second kappa shape index (κ2) is 7.08. The lowest BCUT2D eigenvalue weighted by Crippen LogP contribution is -2.50. The number of amides is 2. The van der Waals surface area contributed by atoms with E-state index in [-0.39, 0.29) is 29.7 Å². The van der Waals surface area contributed by atoms with Crippen molar-refractivity contribution in [3.63, 3.8) is 0 Å². The standard InChI is InChI=1S/C17H22FN3O2/c18-13-5-3-12(4-6-13)16(22)20-14-7-10-21(11-8-14)17(23)15-2-1-9-19-15/h3-6,14-15,19H,1-2,7-11H2,(H,20,22). The van der Waals surface area contributed by atoms with Crippen LogP contribution in [0.25, 0.3) is 0 Å². The molecule has 0 aromatic heterocycles. The third-order valence-corrected chi connectivity index (χ3v) is 4.61. The summed E-state index contributed by atoms with van der Waals surface area (Å²) < 4.78 is 12.9. The van der Waals surface area contributed by atoms with E-state index < -0.39 is 0 Å². The highest BCUT2D eigenvalue weighted by Gasteiger charge is 2.30. The SMILES string of the molecule is O=C(NC1CCN(C(=O)C2CCCN2)CC1)c1ccc(F)cc1. The Kier molecular flexibility index (Phi) is 4.91. The molecule has 6 heteroatoms. The van der Waals surface area contributed by atoms with Gasteiger partial charge < -0.3 is 15.5 Å². The second-order valence-corrected chi connectivity index (χ2v) is 6.23. The number of carbonyl (C=O) groups is 2. The fraction of sp³-hybridized carbons (Fsp3) is 0.529. The first kappa shape index (κ1) is 15.9. The van der Waals surface area contributed by atoms with Crippen LogP contribution in [-0.4, -0.2) is 48.4 Å². The molecule has 2 N–H and O–H groups in total. The van der Waals surface area contributed by atoms with Crippen LogP contribution >= 0.6 is 0 Å². The Morgan fingerprint density at radius 2 is 1.83 bits per heavy atom. The average Bonchev–Trinajstić information content (AvgIpc) is 3.10. The maximum absolute atomic E-state index is 12.9. The summed E-state index contributed by atoms with van der Waals surface area (Å²) in [6, 6.07) is 5.56. The highest BCUT2D eigenvalue weighted by molar-refractivity contribution is 5.94. The summed E-state index contributed by atoms with van der Waals surface area (Å²) in [4.78, 5) is 26.3. The number of rotatable bonds is 3. The van der Waals surface area contributed by atoms with E-state index in [4.69, 9.17) is 0 Å². The van der Waals surface area contributed by atoms with Crippen LogP contribution in [0.1, 0.15) is 36.0 Å². The molecule has 2 aliphatic heterocycles. The maximum atomic E-state index is 12.9. The van der Waals surface area contributed by atoms with Crippen molar-refractivity contribution in [1.29, 1.82) is 0 Å². The molecule has 2 aliphatic rings. The molecule has 1 aromatic rings. The van der Waals surface area contributed by atoms with E-state index in [1.165, 1.54) is 24.3 Å². The predicted molar refractivity (Wildman–Crippen MR) is 84.5 cm³/mol. The third kappa shape index (κ3) is 3.88. The van der Waals surface area contributed by atoms with Gasteiger partial charge in [0.05, 0.1) is 6.04 Å². The van der Waals surface area contributed by atoms with Crippen molar-refractivity contribution >= 4 is 11.8 Å². The fourth-order valence-corrected chi connectivity index (χ4v) is 3.23. The van der Waals surface area contributed by atoms with Crippen LogP contribution in [0.15, 0.2) is 24.3 Å². The highest BCUT2D eigenvalue weighted by Crippen LogP contribution is 2.15. The molecule has 3 rings (SSSR count). The molecule has 2 saturated heterocycles. The van der Waals surface area contributed by atoms with Gasteiger partial charge in [0, 0.05) is 24.7 Å². The van der Waals surface area contributed by atoms with Crippen LogP contribution in [0.5, 0.6) is 0 Å². The predicted octanol–water partition coefficient (Wildman–Crippen LogP) is 1.30. The average molecular weight is 319 g/mol. The topological polar surface area (TPSA) is 61.4 Å². The van der Waals surface area contributed by atoms with Gasteiger partial charge in [0.1, 0.15) is 5.82 Å². The van der Waals surface area contributed by atoms with E-state index >= 15 is 0 Å². The molecule has 0 radical (unpaired) electrons. The van der Waals surface area contributed by atoms with Gasteiger partial charge in [-0.25, -0.2) is 4.39 Å².